The zero-order valence-corrected chi connectivity index (χ0v) is 14.9. The Hall–Kier alpha value is -2.63. The van der Waals surface area contributed by atoms with E-state index in [4.69, 9.17) is 4.98 Å². The lowest BCUT2D eigenvalue weighted by Gasteiger charge is -2.22. The molecule has 0 saturated carbocycles. The lowest BCUT2D eigenvalue weighted by molar-refractivity contribution is -0.114. The van der Waals surface area contributed by atoms with Gasteiger partial charge in [0.15, 0.2) is 0 Å². The minimum absolute atomic E-state index is 0.0789. The highest BCUT2D eigenvalue weighted by Gasteiger charge is 2.13. The summed E-state index contributed by atoms with van der Waals surface area (Å²) in [7, 11) is 0. The molecule has 0 aliphatic carbocycles. The van der Waals surface area contributed by atoms with Crippen LogP contribution in [0.3, 0.4) is 0 Å². The number of carbonyl (C=O) groups is 1. The highest BCUT2D eigenvalue weighted by molar-refractivity contribution is 5.88. The molecule has 1 aromatic heterocycles. The van der Waals surface area contributed by atoms with Crippen LogP contribution in [0.1, 0.15) is 38.3 Å². The third kappa shape index (κ3) is 4.92. The average molecular weight is 339 g/mol. The van der Waals surface area contributed by atoms with E-state index in [9.17, 15) is 4.79 Å². The molecule has 25 heavy (non-hydrogen) atoms. The highest BCUT2D eigenvalue weighted by Crippen LogP contribution is 2.22. The number of nitrogens with zero attached hydrogens (tertiary/aromatic N) is 3. The molecule has 0 radical (unpaired) electrons. The number of hydrogen-bond acceptors (Lipinski definition) is 5. The zero-order valence-electron chi connectivity index (χ0n) is 14.9. The first-order chi connectivity index (χ1) is 12.1. The molecule has 1 fully saturated rings. The molecule has 132 valence electrons. The van der Waals surface area contributed by atoms with Gasteiger partial charge in [0.2, 0.25) is 11.9 Å². The minimum Gasteiger partial charge on any atom is -0.356 e. The van der Waals surface area contributed by atoms with Crippen LogP contribution in [0.15, 0.2) is 30.3 Å². The van der Waals surface area contributed by atoms with E-state index < -0.39 is 0 Å². The molecule has 1 amide bonds. The van der Waals surface area contributed by atoms with Crippen LogP contribution in [0.4, 0.5) is 23.1 Å². The Balaban J connectivity index is 1.74. The molecule has 6 nitrogen and oxygen atoms in total. The van der Waals surface area contributed by atoms with Gasteiger partial charge >= 0.3 is 0 Å². The van der Waals surface area contributed by atoms with Crippen molar-refractivity contribution in [1.29, 1.82) is 0 Å². The zero-order chi connectivity index (χ0) is 17.6. The summed E-state index contributed by atoms with van der Waals surface area (Å²) in [6.45, 7) is 5.60. The summed E-state index contributed by atoms with van der Waals surface area (Å²) in [5.41, 5.74) is 2.61. The summed E-state index contributed by atoms with van der Waals surface area (Å²) in [5.74, 6) is 1.52. The minimum atomic E-state index is -0.0789. The van der Waals surface area contributed by atoms with Gasteiger partial charge in [0.1, 0.15) is 5.82 Å². The summed E-state index contributed by atoms with van der Waals surface area (Å²) in [5, 5.41) is 6.02. The van der Waals surface area contributed by atoms with E-state index in [0.717, 1.165) is 36.0 Å². The van der Waals surface area contributed by atoms with Crippen LogP contribution in [0.2, 0.25) is 0 Å². The fourth-order valence-corrected chi connectivity index (χ4v) is 3.04. The lowest BCUT2D eigenvalue weighted by atomic mass is 10.2. The molecule has 1 aliphatic rings. The van der Waals surface area contributed by atoms with Gasteiger partial charge in [-0.2, -0.15) is 4.98 Å². The standard InChI is InChI=1S/C19H25N5O/c1-14-13-18(24-11-5-3-4-6-12-24)23-19(20-14)22-17-9-7-16(8-10-17)21-15(2)25/h7-10,13H,3-6,11-12H2,1-2H3,(H,21,25)(H,20,22,23). The molecule has 0 unspecified atom stereocenters. The molecular weight excluding hydrogens is 314 g/mol. The Morgan fingerprint density at radius 1 is 1.00 bits per heavy atom. The van der Waals surface area contributed by atoms with Crippen molar-refractivity contribution in [2.24, 2.45) is 0 Å². The van der Waals surface area contributed by atoms with Crippen molar-refractivity contribution in [2.45, 2.75) is 39.5 Å². The lowest BCUT2D eigenvalue weighted by Crippen LogP contribution is -2.25. The number of hydrogen-bond donors (Lipinski definition) is 2. The van der Waals surface area contributed by atoms with Gasteiger partial charge in [-0.3, -0.25) is 4.79 Å². The predicted octanol–water partition coefficient (Wildman–Crippen LogP) is 3.87. The summed E-state index contributed by atoms with van der Waals surface area (Å²) in [6.07, 6.45) is 5.03. The van der Waals surface area contributed by atoms with Crippen LogP contribution < -0.4 is 15.5 Å². The largest absolute Gasteiger partial charge is 0.356 e. The van der Waals surface area contributed by atoms with Crippen LogP contribution in [0.25, 0.3) is 0 Å². The van der Waals surface area contributed by atoms with Crippen LogP contribution in [-0.2, 0) is 4.79 Å². The monoisotopic (exact) mass is 339 g/mol. The molecule has 0 atom stereocenters. The Bertz CT molecular complexity index is 721. The van der Waals surface area contributed by atoms with Crippen molar-refractivity contribution in [3.63, 3.8) is 0 Å². The molecule has 2 N–H and O–H groups in total. The van der Waals surface area contributed by atoms with E-state index in [-0.39, 0.29) is 5.91 Å². The molecule has 1 saturated heterocycles. The molecule has 1 aromatic carbocycles. The molecular formula is C19H25N5O. The highest BCUT2D eigenvalue weighted by atomic mass is 16.1. The number of rotatable bonds is 4. The summed E-state index contributed by atoms with van der Waals surface area (Å²) in [6, 6.07) is 9.58. The number of aromatic nitrogens is 2. The fraction of sp³-hybridized carbons (Fsp3) is 0.421. The fourth-order valence-electron chi connectivity index (χ4n) is 3.04. The number of nitrogens with one attached hydrogen (secondary N) is 2. The van der Waals surface area contributed by atoms with Crippen LogP contribution in [0.5, 0.6) is 0 Å². The Morgan fingerprint density at radius 2 is 1.64 bits per heavy atom. The van der Waals surface area contributed by atoms with Gasteiger partial charge in [0.25, 0.3) is 0 Å². The predicted molar refractivity (Wildman–Crippen MR) is 101 cm³/mol. The van der Waals surface area contributed by atoms with Crippen molar-refractivity contribution >= 4 is 29.0 Å². The second kappa shape index (κ2) is 7.96. The Kier molecular flexibility index (Phi) is 5.48. The molecule has 6 heteroatoms. The smallest absolute Gasteiger partial charge is 0.229 e. The second-order valence-electron chi connectivity index (χ2n) is 6.48. The first-order valence-electron chi connectivity index (χ1n) is 8.85. The average Bonchev–Trinajstić information content (AvgIpc) is 2.85. The summed E-state index contributed by atoms with van der Waals surface area (Å²) < 4.78 is 0. The van der Waals surface area contributed by atoms with Crippen molar-refractivity contribution in [2.75, 3.05) is 28.6 Å². The molecule has 2 heterocycles. The van der Waals surface area contributed by atoms with Crippen molar-refractivity contribution < 1.29 is 4.79 Å². The number of anilines is 4. The van der Waals surface area contributed by atoms with Gasteiger partial charge in [-0.1, -0.05) is 12.8 Å². The second-order valence-corrected chi connectivity index (χ2v) is 6.48. The third-order valence-corrected chi connectivity index (χ3v) is 4.23. The molecule has 2 aromatic rings. The van der Waals surface area contributed by atoms with Gasteiger partial charge in [-0.25, -0.2) is 4.98 Å². The van der Waals surface area contributed by atoms with Gasteiger partial charge in [-0.05, 0) is 44.0 Å². The molecule has 0 bridgehead atoms. The molecule has 0 spiro atoms. The van der Waals surface area contributed by atoms with E-state index in [1.807, 2.05) is 31.2 Å². The first kappa shape index (κ1) is 17.2. The van der Waals surface area contributed by atoms with Gasteiger partial charge in [-0.15, -0.1) is 0 Å². The van der Waals surface area contributed by atoms with Crippen LogP contribution in [-0.4, -0.2) is 29.0 Å². The van der Waals surface area contributed by atoms with E-state index in [2.05, 4.69) is 26.6 Å². The number of amides is 1. The third-order valence-electron chi connectivity index (χ3n) is 4.23. The van der Waals surface area contributed by atoms with Gasteiger partial charge in [0.05, 0.1) is 0 Å². The topological polar surface area (TPSA) is 70.2 Å². The quantitative estimate of drug-likeness (QED) is 0.885. The molecule has 3 rings (SSSR count). The van der Waals surface area contributed by atoms with E-state index >= 15 is 0 Å². The first-order valence-corrected chi connectivity index (χ1v) is 8.85. The van der Waals surface area contributed by atoms with Crippen molar-refractivity contribution in [3.05, 3.63) is 36.0 Å². The maximum Gasteiger partial charge on any atom is 0.229 e. The summed E-state index contributed by atoms with van der Waals surface area (Å²) >= 11 is 0. The number of benzene rings is 1. The maximum atomic E-state index is 11.1. The molecule has 1 aliphatic heterocycles. The Labute approximate surface area is 148 Å². The summed E-state index contributed by atoms with van der Waals surface area (Å²) in [4.78, 5) is 22.6. The Morgan fingerprint density at radius 3 is 2.28 bits per heavy atom. The van der Waals surface area contributed by atoms with Crippen molar-refractivity contribution in [3.8, 4) is 0 Å². The van der Waals surface area contributed by atoms with E-state index in [1.54, 1.807) is 0 Å². The van der Waals surface area contributed by atoms with Gasteiger partial charge in [0, 0.05) is 43.1 Å². The van der Waals surface area contributed by atoms with Crippen LogP contribution in [0, 0.1) is 6.92 Å². The van der Waals surface area contributed by atoms with E-state index in [1.165, 1.54) is 32.6 Å². The number of carbonyl (C=O) groups excluding carboxylic acids is 1. The van der Waals surface area contributed by atoms with Crippen molar-refractivity contribution in [1.82, 2.24) is 9.97 Å². The SMILES string of the molecule is CC(=O)Nc1ccc(Nc2nc(C)cc(N3CCCCCC3)n2)cc1. The number of aryl methyl sites for hydroxylation is 1. The van der Waals surface area contributed by atoms with Crippen LogP contribution >= 0.6 is 0 Å². The van der Waals surface area contributed by atoms with E-state index in [0.29, 0.717) is 5.95 Å². The normalized spacial score (nSPS) is 14.7. The van der Waals surface area contributed by atoms with Gasteiger partial charge < -0.3 is 15.5 Å². The maximum absolute atomic E-state index is 11.1.